The van der Waals surface area contributed by atoms with Gasteiger partial charge < -0.3 is 19.7 Å². The number of hydrogen-bond donors (Lipinski definition) is 1. The molecule has 0 spiro atoms. The van der Waals surface area contributed by atoms with E-state index in [1.165, 1.54) is 0 Å². The van der Waals surface area contributed by atoms with Crippen LogP contribution in [0.4, 0.5) is 0 Å². The van der Waals surface area contributed by atoms with Crippen LogP contribution < -0.4 is 14.8 Å². The van der Waals surface area contributed by atoms with Gasteiger partial charge in [-0.05, 0) is 55.0 Å². The Morgan fingerprint density at radius 2 is 1.63 bits per heavy atom. The predicted octanol–water partition coefficient (Wildman–Crippen LogP) is 3.65. The summed E-state index contributed by atoms with van der Waals surface area (Å²) in [7, 11) is 3.21. The predicted molar refractivity (Wildman–Crippen MR) is 116 cm³/mol. The van der Waals surface area contributed by atoms with Gasteiger partial charge in [-0.15, -0.1) is 0 Å². The van der Waals surface area contributed by atoms with Crippen molar-refractivity contribution in [1.82, 2.24) is 10.2 Å². The van der Waals surface area contributed by atoms with E-state index in [2.05, 4.69) is 5.32 Å². The number of nitrogens with one attached hydrogen (secondary N) is 1. The number of likely N-dealkylation sites (tertiary alicyclic amines) is 1. The first-order valence-electron chi connectivity index (χ1n) is 10.4. The summed E-state index contributed by atoms with van der Waals surface area (Å²) in [5.74, 6) is 2.03. The Kier molecular flexibility index (Phi) is 7.71. The molecule has 0 aliphatic carbocycles. The summed E-state index contributed by atoms with van der Waals surface area (Å²) in [6.07, 6.45) is 3.23. The Morgan fingerprint density at radius 3 is 2.23 bits per heavy atom. The maximum Gasteiger partial charge on any atom is 0.253 e. The summed E-state index contributed by atoms with van der Waals surface area (Å²) >= 11 is 0. The fraction of sp³-hybridized carbons (Fsp3) is 0.417. The van der Waals surface area contributed by atoms with E-state index in [4.69, 9.17) is 9.47 Å². The summed E-state index contributed by atoms with van der Waals surface area (Å²) in [6.45, 7) is 1.95. The molecule has 30 heavy (non-hydrogen) atoms. The quantitative estimate of drug-likeness (QED) is 0.721. The first-order chi connectivity index (χ1) is 14.6. The summed E-state index contributed by atoms with van der Waals surface area (Å²) in [5.41, 5.74) is 1.68. The highest BCUT2D eigenvalue weighted by atomic mass is 16.5. The third-order valence-electron chi connectivity index (χ3n) is 5.60. The molecule has 3 rings (SSSR count). The number of hydrogen-bond acceptors (Lipinski definition) is 4. The van der Waals surface area contributed by atoms with Gasteiger partial charge in [0.15, 0.2) is 0 Å². The zero-order valence-electron chi connectivity index (χ0n) is 17.7. The number of carbonyl (C=O) groups excluding carboxylic acids is 2. The molecule has 2 amide bonds. The molecule has 1 N–H and O–H groups in total. The highest BCUT2D eigenvalue weighted by Crippen LogP contribution is 2.24. The smallest absolute Gasteiger partial charge is 0.253 e. The van der Waals surface area contributed by atoms with E-state index < -0.39 is 0 Å². The highest BCUT2D eigenvalue weighted by molar-refractivity contribution is 5.94. The molecule has 1 saturated heterocycles. The molecule has 6 nitrogen and oxygen atoms in total. The van der Waals surface area contributed by atoms with Crippen LogP contribution in [-0.2, 0) is 11.3 Å². The average molecular weight is 411 g/mol. The Labute approximate surface area is 178 Å². The van der Waals surface area contributed by atoms with E-state index in [0.717, 1.165) is 43.5 Å². The van der Waals surface area contributed by atoms with Gasteiger partial charge in [0.25, 0.3) is 5.91 Å². The minimum absolute atomic E-state index is 0.0413. The minimum Gasteiger partial charge on any atom is -0.497 e. The largest absolute Gasteiger partial charge is 0.497 e. The van der Waals surface area contributed by atoms with Crippen LogP contribution in [0.5, 0.6) is 11.5 Å². The van der Waals surface area contributed by atoms with Crippen molar-refractivity contribution in [2.45, 2.75) is 32.2 Å². The molecule has 0 aromatic heterocycles. The molecule has 1 fully saturated rings. The third-order valence-corrected chi connectivity index (χ3v) is 5.60. The molecule has 0 saturated carbocycles. The number of amides is 2. The van der Waals surface area contributed by atoms with Gasteiger partial charge in [0, 0.05) is 37.7 Å². The van der Waals surface area contributed by atoms with Gasteiger partial charge in [-0.1, -0.05) is 18.2 Å². The van der Waals surface area contributed by atoms with Crippen LogP contribution >= 0.6 is 0 Å². The van der Waals surface area contributed by atoms with Gasteiger partial charge in [0.05, 0.1) is 14.2 Å². The molecule has 1 aliphatic rings. The van der Waals surface area contributed by atoms with E-state index >= 15 is 0 Å². The monoisotopic (exact) mass is 410 g/mol. The lowest BCUT2D eigenvalue weighted by molar-refractivity contribution is -0.121. The number of methoxy groups -OCH3 is 2. The Morgan fingerprint density at radius 1 is 1.00 bits per heavy atom. The number of nitrogens with zero attached hydrogens (tertiary/aromatic N) is 1. The van der Waals surface area contributed by atoms with E-state index in [1.807, 2.05) is 47.4 Å². The van der Waals surface area contributed by atoms with Gasteiger partial charge in [-0.3, -0.25) is 9.59 Å². The highest BCUT2D eigenvalue weighted by Gasteiger charge is 2.23. The third kappa shape index (κ3) is 5.99. The molecule has 1 heterocycles. The Bertz CT molecular complexity index is 823. The number of ether oxygens (including phenoxy) is 2. The fourth-order valence-electron chi connectivity index (χ4n) is 3.78. The SMILES string of the molecule is COc1cc(CNC(=O)CCC2CCN(C(=O)c3ccccc3)CC2)cc(OC)c1. The lowest BCUT2D eigenvalue weighted by Gasteiger charge is -2.32. The summed E-state index contributed by atoms with van der Waals surface area (Å²) in [5, 5.41) is 2.98. The van der Waals surface area contributed by atoms with Crippen molar-refractivity contribution < 1.29 is 19.1 Å². The Balaban J connectivity index is 1.39. The van der Waals surface area contributed by atoms with Crippen molar-refractivity contribution in [2.75, 3.05) is 27.3 Å². The average Bonchev–Trinajstić information content (AvgIpc) is 2.81. The molecule has 0 radical (unpaired) electrons. The number of benzene rings is 2. The zero-order valence-corrected chi connectivity index (χ0v) is 17.7. The van der Waals surface area contributed by atoms with Crippen molar-refractivity contribution in [1.29, 1.82) is 0 Å². The second-order valence-electron chi connectivity index (χ2n) is 7.64. The molecule has 160 valence electrons. The standard InChI is InChI=1S/C24H30N2O4/c1-29-21-14-19(15-22(16-21)30-2)17-25-23(27)9-8-18-10-12-26(13-11-18)24(28)20-6-4-3-5-7-20/h3-7,14-16,18H,8-13,17H2,1-2H3,(H,25,27). The van der Waals surface area contributed by atoms with Crippen LogP contribution in [-0.4, -0.2) is 44.0 Å². The van der Waals surface area contributed by atoms with Crippen LogP contribution in [0.1, 0.15) is 41.6 Å². The van der Waals surface area contributed by atoms with Crippen molar-refractivity contribution >= 4 is 11.8 Å². The minimum atomic E-state index is 0.0413. The molecule has 1 aliphatic heterocycles. The van der Waals surface area contributed by atoms with Crippen LogP contribution in [0.15, 0.2) is 48.5 Å². The normalized spacial score (nSPS) is 14.3. The summed E-state index contributed by atoms with van der Waals surface area (Å²) in [6, 6.07) is 15.0. The molecule has 0 bridgehead atoms. The topological polar surface area (TPSA) is 67.9 Å². The second-order valence-corrected chi connectivity index (χ2v) is 7.64. The van der Waals surface area contributed by atoms with Crippen molar-refractivity contribution in [2.24, 2.45) is 5.92 Å². The van der Waals surface area contributed by atoms with E-state index in [-0.39, 0.29) is 11.8 Å². The lowest BCUT2D eigenvalue weighted by Crippen LogP contribution is -2.38. The van der Waals surface area contributed by atoms with E-state index in [1.54, 1.807) is 20.3 Å². The number of carbonyl (C=O) groups is 2. The first kappa shape index (κ1) is 21.7. The maximum atomic E-state index is 12.5. The molecular weight excluding hydrogens is 380 g/mol. The van der Waals surface area contributed by atoms with Crippen LogP contribution in [0.25, 0.3) is 0 Å². The molecule has 0 atom stereocenters. The summed E-state index contributed by atoms with van der Waals surface area (Å²) < 4.78 is 10.5. The molecule has 0 unspecified atom stereocenters. The van der Waals surface area contributed by atoms with Gasteiger partial charge in [-0.25, -0.2) is 0 Å². The van der Waals surface area contributed by atoms with Crippen molar-refractivity contribution in [3.05, 3.63) is 59.7 Å². The van der Waals surface area contributed by atoms with Crippen LogP contribution in [0, 0.1) is 5.92 Å². The Hall–Kier alpha value is -3.02. The van der Waals surface area contributed by atoms with Gasteiger partial charge in [0.1, 0.15) is 11.5 Å². The molecule has 2 aromatic rings. The van der Waals surface area contributed by atoms with E-state index in [0.29, 0.717) is 30.4 Å². The van der Waals surface area contributed by atoms with Crippen LogP contribution in [0.2, 0.25) is 0 Å². The fourth-order valence-corrected chi connectivity index (χ4v) is 3.78. The van der Waals surface area contributed by atoms with Crippen molar-refractivity contribution in [3.8, 4) is 11.5 Å². The first-order valence-corrected chi connectivity index (χ1v) is 10.4. The number of piperidine rings is 1. The van der Waals surface area contributed by atoms with Crippen LogP contribution in [0.3, 0.4) is 0 Å². The van der Waals surface area contributed by atoms with Gasteiger partial charge in [0.2, 0.25) is 5.91 Å². The van der Waals surface area contributed by atoms with Crippen molar-refractivity contribution in [3.63, 3.8) is 0 Å². The molecule has 2 aromatic carbocycles. The van der Waals surface area contributed by atoms with Gasteiger partial charge in [-0.2, -0.15) is 0 Å². The van der Waals surface area contributed by atoms with E-state index in [9.17, 15) is 9.59 Å². The zero-order chi connectivity index (χ0) is 21.3. The maximum absolute atomic E-state index is 12.5. The second kappa shape index (κ2) is 10.7. The number of rotatable bonds is 8. The molecule has 6 heteroatoms. The lowest BCUT2D eigenvalue weighted by atomic mass is 9.91. The molecular formula is C24H30N2O4. The van der Waals surface area contributed by atoms with Gasteiger partial charge >= 0.3 is 0 Å². The summed E-state index contributed by atoms with van der Waals surface area (Å²) in [4.78, 5) is 26.7.